The molecule has 0 spiro atoms. The lowest BCUT2D eigenvalue weighted by Gasteiger charge is -2.37. The van der Waals surface area contributed by atoms with Gasteiger partial charge in [-0.1, -0.05) is 12.1 Å². The summed E-state index contributed by atoms with van der Waals surface area (Å²) in [6.07, 6.45) is 2.36. The van der Waals surface area contributed by atoms with Crippen molar-refractivity contribution in [2.45, 2.75) is 38.8 Å². The highest BCUT2D eigenvalue weighted by molar-refractivity contribution is 7.10. The second-order valence-electron chi connectivity index (χ2n) is 8.77. The van der Waals surface area contributed by atoms with Crippen LogP contribution in [0.2, 0.25) is 0 Å². The van der Waals surface area contributed by atoms with Crippen LogP contribution in [0.5, 0.6) is 5.75 Å². The van der Waals surface area contributed by atoms with Crippen molar-refractivity contribution >= 4 is 23.3 Å². The van der Waals surface area contributed by atoms with Gasteiger partial charge in [-0.15, -0.1) is 17.9 Å². The number of carbonyl (C=O) groups excluding carboxylic acids is 2. The molecule has 2 heterocycles. The molecule has 3 amide bonds. The molecule has 32 heavy (non-hydrogen) atoms. The lowest BCUT2D eigenvalue weighted by atomic mass is 10.0. The lowest BCUT2D eigenvalue weighted by molar-refractivity contribution is -0.135. The molecule has 0 aliphatic carbocycles. The topological polar surface area (TPSA) is 61.9 Å². The van der Waals surface area contributed by atoms with E-state index in [4.69, 9.17) is 4.74 Å². The number of thiophene rings is 1. The Bertz CT molecular complexity index is 969. The van der Waals surface area contributed by atoms with Crippen LogP contribution in [0.15, 0.2) is 48.4 Å². The molecular weight excluding hydrogens is 429 g/mol. The Morgan fingerprint density at radius 1 is 1.38 bits per heavy atom. The van der Waals surface area contributed by atoms with E-state index in [2.05, 4.69) is 11.9 Å². The second kappa shape index (κ2) is 10.2. The van der Waals surface area contributed by atoms with E-state index in [1.54, 1.807) is 34.4 Å². The molecule has 1 aliphatic rings. The molecule has 1 aliphatic heterocycles. The molecule has 8 heteroatoms. The number of halogens is 1. The van der Waals surface area contributed by atoms with Crippen molar-refractivity contribution in [3.8, 4) is 5.75 Å². The van der Waals surface area contributed by atoms with Crippen LogP contribution < -0.4 is 10.1 Å². The highest BCUT2D eigenvalue weighted by Crippen LogP contribution is 2.34. The number of benzene rings is 1. The SMILES string of the molecule is C=CCN(CC(=O)N1CCc2sccc2C1COc1cccc(F)c1)C(=O)NC(C)(C)C. The van der Waals surface area contributed by atoms with Gasteiger partial charge in [0, 0.05) is 29.6 Å². The standard InChI is InChI=1S/C24H30FN3O3S/c1-5-11-27(23(30)26-24(2,3)4)15-22(29)28-12-9-21-19(10-13-32-21)20(28)16-31-18-8-6-7-17(25)14-18/h5-8,10,13-14,20H,1,9,11-12,15-16H2,2-4H3,(H,26,30). The summed E-state index contributed by atoms with van der Waals surface area (Å²) in [4.78, 5) is 30.4. The molecule has 1 aromatic carbocycles. The fourth-order valence-corrected chi connectivity index (χ4v) is 4.56. The van der Waals surface area contributed by atoms with Crippen molar-refractivity contribution in [2.24, 2.45) is 0 Å². The summed E-state index contributed by atoms with van der Waals surface area (Å²) in [5.41, 5.74) is 0.623. The lowest BCUT2D eigenvalue weighted by Crippen LogP contribution is -2.53. The second-order valence-corrected chi connectivity index (χ2v) is 9.77. The number of urea groups is 1. The number of ether oxygens (including phenoxy) is 1. The highest BCUT2D eigenvalue weighted by atomic mass is 32.1. The van der Waals surface area contributed by atoms with E-state index in [1.807, 2.05) is 32.2 Å². The molecule has 1 atom stereocenters. The van der Waals surface area contributed by atoms with Gasteiger partial charge in [-0.2, -0.15) is 0 Å². The van der Waals surface area contributed by atoms with Crippen LogP contribution in [-0.2, 0) is 11.2 Å². The summed E-state index contributed by atoms with van der Waals surface area (Å²) < 4.78 is 19.4. The Hall–Kier alpha value is -2.87. The van der Waals surface area contributed by atoms with Crippen LogP contribution in [0, 0.1) is 5.82 Å². The first kappa shape index (κ1) is 23.8. The Balaban J connectivity index is 1.76. The number of carbonyl (C=O) groups is 2. The van der Waals surface area contributed by atoms with Gasteiger partial charge in [0.2, 0.25) is 5.91 Å². The van der Waals surface area contributed by atoms with Gasteiger partial charge < -0.3 is 19.9 Å². The smallest absolute Gasteiger partial charge is 0.318 e. The van der Waals surface area contributed by atoms with Gasteiger partial charge >= 0.3 is 6.03 Å². The first-order chi connectivity index (χ1) is 15.2. The van der Waals surface area contributed by atoms with Gasteiger partial charge in [0.25, 0.3) is 0 Å². The summed E-state index contributed by atoms with van der Waals surface area (Å²) in [6, 6.07) is 7.35. The van der Waals surface area contributed by atoms with E-state index < -0.39 is 5.54 Å². The predicted octanol–water partition coefficient (Wildman–Crippen LogP) is 4.39. The van der Waals surface area contributed by atoms with Crippen molar-refractivity contribution in [3.63, 3.8) is 0 Å². The summed E-state index contributed by atoms with van der Waals surface area (Å²) in [6.45, 7) is 10.3. The average molecular weight is 460 g/mol. The Kier molecular flexibility index (Phi) is 7.56. The van der Waals surface area contributed by atoms with Crippen molar-refractivity contribution in [1.29, 1.82) is 0 Å². The third-order valence-electron chi connectivity index (χ3n) is 5.06. The molecule has 1 N–H and O–H groups in total. The number of fused-ring (bicyclic) bond motifs is 1. The van der Waals surface area contributed by atoms with Crippen LogP contribution >= 0.6 is 11.3 Å². The van der Waals surface area contributed by atoms with Gasteiger partial charge in [0.05, 0.1) is 6.04 Å². The van der Waals surface area contributed by atoms with Gasteiger partial charge in [-0.05, 0) is 56.3 Å². The molecular formula is C24H30FN3O3S. The maximum Gasteiger partial charge on any atom is 0.318 e. The first-order valence-corrected chi connectivity index (χ1v) is 11.5. The molecule has 1 aromatic heterocycles. The number of hydrogen-bond acceptors (Lipinski definition) is 4. The van der Waals surface area contributed by atoms with Crippen molar-refractivity contribution in [1.82, 2.24) is 15.1 Å². The van der Waals surface area contributed by atoms with Gasteiger partial charge in [0.1, 0.15) is 24.7 Å². The minimum atomic E-state index is -0.419. The first-order valence-electron chi connectivity index (χ1n) is 10.6. The van der Waals surface area contributed by atoms with Crippen molar-refractivity contribution in [3.05, 3.63) is 64.6 Å². The maximum atomic E-state index is 13.5. The normalized spacial score (nSPS) is 15.6. The molecule has 0 fully saturated rings. The molecule has 3 rings (SSSR count). The Morgan fingerprint density at radius 3 is 2.84 bits per heavy atom. The van der Waals surface area contributed by atoms with Gasteiger partial charge in [-0.25, -0.2) is 9.18 Å². The minimum absolute atomic E-state index is 0.0656. The zero-order chi connectivity index (χ0) is 23.3. The van der Waals surface area contributed by atoms with Crippen molar-refractivity contribution in [2.75, 3.05) is 26.2 Å². The molecule has 0 saturated heterocycles. The monoisotopic (exact) mass is 459 g/mol. The van der Waals surface area contributed by atoms with Crippen LogP contribution in [0.25, 0.3) is 0 Å². The highest BCUT2D eigenvalue weighted by Gasteiger charge is 2.33. The molecule has 172 valence electrons. The summed E-state index contributed by atoms with van der Waals surface area (Å²) in [7, 11) is 0. The summed E-state index contributed by atoms with van der Waals surface area (Å²) in [5, 5.41) is 4.91. The van der Waals surface area contributed by atoms with E-state index in [9.17, 15) is 14.0 Å². The number of nitrogens with one attached hydrogen (secondary N) is 1. The Morgan fingerprint density at radius 2 is 2.16 bits per heavy atom. The van der Waals surface area contributed by atoms with Gasteiger partial charge in [-0.3, -0.25) is 4.79 Å². The molecule has 6 nitrogen and oxygen atoms in total. The zero-order valence-electron chi connectivity index (χ0n) is 18.8. The molecule has 0 radical (unpaired) electrons. The quantitative estimate of drug-likeness (QED) is 0.625. The average Bonchev–Trinajstić information content (AvgIpc) is 3.19. The predicted molar refractivity (Wildman–Crippen MR) is 124 cm³/mol. The number of rotatable bonds is 7. The van der Waals surface area contributed by atoms with Crippen LogP contribution in [0.4, 0.5) is 9.18 Å². The summed E-state index contributed by atoms with van der Waals surface area (Å²) in [5.74, 6) is -0.126. The summed E-state index contributed by atoms with van der Waals surface area (Å²) >= 11 is 1.66. The van der Waals surface area contributed by atoms with Crippen LogP contribution in [0.1, 0.15) is 37.3 Å². The van der Waals surface area contributed by atoms with E-state index in [-0.39, 0.29) is 43.5 Å². The van der Waals surface area contributed by atoms with E-state index in [0.29, 0.717) is 12.3 Å². The number of hydrogen-bond donors (Lipinski definition) is 1. The van der Waals surface area contributed by atoms with E-state index in [0.717, 1.165) is 12.0 Å². The molecule has 1 unspecified atom stereocenters. The molecule has 2 aromatic rings. The maximum absolute atomic E-state index is 13.5. The van der Waals surface area contributed by atoms with E-state index in [1.165, 1.54) is 21.9 Å². The van der Waals surface area contributed by atoms with E-state index >= 15 is 0 Å². The Labute approximate surface area is 192 Å². The van der Waals surface area contributed by atoms with Gasteiger partial charge in [0.15, 0.2) is 0 Å². The van der Waals surface area contributed by atoms with Crippen LogP contribution in [0.3, 0.4) is 0 Å². The third kappa shape index (κ3) is 6.09. The largest absolute Gasteiger partial charge is 0.491 e. The fraction of sp³-hybridized carbons (Fsp3) is 0.417. The number of amides is 3. The zero-order valence-corrected chi connectivity index (χ0v) is 19.6. The van der Waals surface area contributed by atoms with Crippen molar-refractivity contribution < 1.29 is 18.7 Å². The molecule has 0 bridgehead atoms. The third-order valence-corrected chi connectivity index (χ3v) is 6.06. The molecule has 0 saturated carbocycles. The number of nitrogens with zero attached hydrogens (tertiary/aromatic N) is 2. The van der Waals surface area contributed by atoms with Crippen LogP contribution in [-0.4, -0.2) is 53.5 Å². The fourth-order valence-electron chi connectivity index (χ4n) is 3.64. The minimum Gasteiger partial charge on any atom is -0.491 e.